The van der Waals surface area contributed by atoms with Crippen LogP contribution >= 0.6 is 22.9 Å². The predicted molar refractivity (Wildman–Crippen MR) is 93.2 cm³/mol. The quantitative estimate of drug-likeness (QED) is 0.714. The maximum absolute atomic E-state index is 13.5. The third-order valence-electron chi connectivity index (χ3n) is 3.08. The Kier molecular flexibility index (Phi) is 5.02. The fraction of sp³-hybridized carbons (Fsp3) is 0.0625. The standard InChI is InChI=1S/C16H12ClFN4OS/c17-11-7-5-10(6-8-11)9-14-21-22-16(24-14)20-15(23)19-13-4-2-1-3-12(13)18/h1-8H,9H2,(H2,19,20,22,23). The van der Waals surface area contributed by atoms with Crippen molar-refractivity contribution < 1.29 is 9.18 Å². The van der Waals surface area contributed by atoms with Crippen LogP contribution in [0, 0.1) is 5.82 Å². The van der Waals surface area contributed by atoms with Crippen molar-refractivity contribution in [3.63, 3.8) is 0 Å². The largest absolute Gasteiger partial charge is 0.325 e. The van der Waals surface area contributed by atoms with E-state index in [9.17, 15) is 9.18 Å². The molecule has 0 unspecified atom stereocenters. The Labute approximate surface area is 146 Å². The molecule has 5 nitrogen and oxygen atoms in total. The van der Waals surface area contributed by atoms with Crippen molar-refractivity contribution in [1.82, 2.24) is 10.2 Å². The highest BCUT2D eigenvalue weighted by molar-refractivity contribution is 7.15. The maximum atomic E-state index is 13.5. The second-order valence-corrected chi connectivity index (χ2v) is 6.36. The zero-order valence-corrected chi connectivity index (χ0v) is 13.9. The number of hydrogen-bond donors (Lipinski definition) is 2. The minimum absolute atomic E-state index is 0.0981. The Morgan fingerprint density at radius 1 is 1.08 bits per heavy atom. The van der Waals surface area contributed by atoms with Crippen LogP contribution in [0.3, 0.4) is 0 Å². The van der Waals surface area contributed by atoms with Gasteiger partial charge in [0, 0.05) is 11.4 Å². The average molecular weight is 363 g/mol. The van der Waals surface area contributed by atoms with Crippen LogP contribution in [0.4, 0.5) is 20.0 Å². The number of halogens is 2. The molecule has 0 saturated heterocycles. The number of nitrogens with zero attached hydrogens (tertiary/aromatic N) is 2. The molecular weight excluding hydrogens is 351 g/mol. The third-order valence-corrected chi connectivity index (χ3v) is 4.17. The summed E-state index contributed by atoms with van der Waals surface area (Å²) >= 11 is 7.10. The molecule has 0 fully saturated rings. The number of carbonyl (C=O) groups excluding carboxylic acids is 1. The van der Waals surface area contributed by atoms with Gasteiger partial charge in [-0.1, -0.05) is 47.2 Å². The van der Waals surface area contributed by atoms with E-state index in [1.54, 1.807) is 24.3 Å². The van der Waals surface area contributed by atoms with Gasteiger partial charge in [-0.3, -0.25) is 5.32 Å². The van der Waals surface area contributed by atoms with E-state index in [0.29, 0.717) is 16.6 Å². The molecule has 0 bridgehead atoms. The molecule has 0 aliphatic heterocycles. The summed E-state index contributed by atoms with van der Waals surface area (Å²) in [4.78, 5) is 11.9. The van der Waals surface area contributed by atoms with E-state index in [0.717, 1.165) is 10.6 Å². The van der Waals surface area contributed by atoms with E-state index in [1.165, 1.54) is 23.5 Å². The number of nitrogens with one attached hydrogen (secondary N) is 2. The molecule has 0 aliphatic rings. The molecule has 3 aromatic rings. The molecule has 2 N–H and O–H groups in total. The van der Waals surface area contributed by atoms with Crippen molar-refractivity contribution in [2.75, 3.05) is 10.6 Å². The van der Waals surface area contributed by atoms with Gasteiger partial charge in [0.25, 0.3) is 0 Å². The van der Waals surface area contributed by atoms with E-state index in [-0.39, 0.29) is 5.69 Å². The molecule has 1 aromatic heterocycles. The summed E-state index contributed by atoms with van der Waals surface area (Å²) in [5, 5.41) is 14.7. The van der Waals surface area contributed by atoms with E-state index >= 15 is 0 Å². The summed E-state index contributed by atoms with van der Waals surface area (Å²) in [6.45, 7) is 0. The molecule has 2 aromatic carbocycles. The summed E-state index contributed by atoms with van der Waals surface area (Å²) in [5.74, 6) is -0.506. The third kappa shape index (κ3) is 4.27. The number of carbonyl (C=O) groups is 1. The van der Waals surface area contributed by atoms with Crippen LogP contribution < -0.4 is 10.6 Å². The molecule has 24 heavy (non-hydrogen) atoms. The van der Waals surface area contributed by atoms with E-state index in [4.69, 9.17) is 11.6 Å². The van der Waals surface area contributed by atoms with Gasteiger partial charge >= 0.3 is 6.03 Å². The Morgan fingerprint density at radius 3 is 2.58 bits per heavy atom. The number of urea groups is 1. The number of rotatable bonds is 4. The van der Waals surface area contributed by atoms with Crippen molar-refractivity contribution in [2.24, 2.45) is 0 Å². The monoisotopic (exact) mass is 362 g/mol. The molecule has 8 heteroatoms. The first kappa shape index (κ1) is 16.4. The van der Waals surface area contributed by atoms with E-state index in [1.807, 2.05) is 12.1 Å². The smallest absolute Gasteiger partial charge is 0.305 e. The van der Waals surface area contributed by atoms with E-state index in [2.05, 4.69) is 20.8 Å². The van der Waals surface area contributed by atoms with Crippen LogP contribution in [-0.4, -0.2) is 16.2 Å². The SMILES string of the molecule is O=C(Nc1nnc(Cc2ccc(Cl)cc2)s1)Nc1ccccc1F. The van der Waals surface area contributed by atoms with Gasteiger partial charge in [0.15, 0.2) is 0 Å². The zero-order chi connectivity index (χ0) is 16.9. The molecule has 122 valence electrons. The van der Waals surface area contributed by atoms with Crippen molar-refractivity contribution >= 4 is 39.8 Å². The molecule has 0 saturated carbocycles. The maximum Gasteiger partial charge on any atom is 0.325 e. The van der Waals surface area contributed by atoms with Gasteiger partial charge in [0.1, 0.15) is 10.8 Å². The molecular formula is C16H12ClFN4OS. The molecule has 0 radical (unpaired) electrons. The Balaban J connectivity index is 1.60. The van der Waals surface area contributed by atoms with Crippen molar-refractivity contribution in [3.05, 3.63) is 69.9 Å². The second-order valence-electron chi connectivity index (χ2n) is 4.86. The summed E-state index contributed by atoms with van der Waals surface area (Å²) in [7, 11) is 0. The van der Waals surface area contributed by atoms with Crippen LogP contribution in [0.5, 0.6) is 0 Å². The summed E-state index contributed by atoms with van der Waals surface area (Å²) in [6, 6.07) is 12.8. The van der Waals surface area contributed by atoms with Gasteiger partial charge in [0.2, 0.25) is 5.13 Å². The fourth-order valence-electron chi connectivity index (χ4n) is 1.97. The van der Waals surface area contributed by atoms with Gasteiger partial charge < -0.3 is 5.32 Å². The number of benzene rings is 2. The average Bonchev–Trinajstić information content (AvgIpc) is 2.99. The highest BCUT2D eigenvalue weighted by Gasteiger charge is 2.10. The zero-order valence-electron chi connectivity index (χ0n) is 12.3. The minimum Gasteiger partial charge on any atom is -0.305 e. The molecule has 0 atom stereocenters. The first-order chi connectivity index (χ1) is 11.6. The number of amides is 2. The van der Waals surface area contributed by atoms with Crippen LogP contribution in [-0.2, 0) is 6.42 Å². The Morgan fingerprint density at radius 2 is 1.83 bits per heavy atom. The highest BCUT2D eigenvalue weighted by Crippen LogP contribution is 2.20. The lowest BCUT2D eigenvalue weighted by Gasteiger charge is -2.05. The van der Waals surface area contributed by atoms with Gasteiger partial charge in [-0.15, -0.1) is 10.2 Å². The number of aromatic nitrogens is 2. The highest BCUT2D eigenvalue weighted by atomic mass is 35.5. The molecule has 0 aliphatic carbocycles. The van der Waals surface area contributed by atoms with Crippen molar-refractivity contribution in [2.45, 2.75) is 6.42 Å². The summed E-state index contributed by atoms with van der Waals surface area (Å²) in [6.07, 6.45) is 0.589. The first-order valence-corrected chi connectivity index (χ1v) is 8.19. The van der Waals surface area contributed by atoms with Crippen LogP contribution in [0.2, 0.25) is 5.02 Å². The van der Waals surface area contributed by atoms with Gasteiger partial charge in [-0.05, 0) is 29.8 Å². The lowest BCUT2D eigenvalue weighted by molar-refractivity contribution is 0.262. The molecule has 3 rings (SSSR count). The molecule has 2 amide bonds. The number of anilines is 2. The Bertz CT molecular complexity index is 853. The first-order valence-electron chi connectivity index (χ1n) is 6.99. The summed E-state index contributed by atoms with van der Waals surface area (Å²) in [5.41, 5.74) is 1.14. The molecule has 1 heterocycles. The number of hydrogen-bond acceptors (Lipinski definition) is 4. The normalized spacial score (nSPS) is 10.4. The van der Waals surface area contributed by atoms with Crippen LogP contribution in [0.15, 0.2) is 48.5 Å². The number of para-hydroxylation sites is 1. The fourth-order valence-corrected chi connectivity index (χ4v) is 2.86. The van der Waals surface area contributed by atoms with Gasteiger partial charge in [0.05, 0.1) is 5.69 Å². The lowest BCUT2D eigenvalue weighted by Crippen LogP contribution is -2.19. The van der Waals surface area contributed by atoms with Gasteiger partial charge in [-0.2, -0.15) is 0 Å². The second kappa shape index (κ2) is 7.37. The van der Waals surface area contributed by atoms with Crippen molar-refractivity contribution in [1.29, 1.82) is 0 Å². The Hall–Kier alpha value is -2.51. The predicted octanol–water partition coefficient (Wildman–Crippen LogP) is 4.57. The topological polar surface area (TPSA) is 66.9 Å². The van der Waals surface area contributed by atoms with Gasteiger partial charge in [-0.25, -0.2) is 9.18 Å². The minimum atomic E-state index is -0.575. The summed E-state index contributed by atoms with van der Waals surface area (Å²) < 4.78 is 13.5. The molecule has 0 spiro atoms. The van der Waals surface area contributed by atoms with Crippen LogP contribution in [0.1, 0.15) is 10.6 Å². The van der Waals surface area contributed by atoms with E-state index < -0.39 is 11.8 Å². The van der Waals surface area contributed by atoms with Crippen molar-refractivity contribution in [3.8, 4) is 0 Å². The lowest BCUT2D eigenvalue weighted by atomic mass is 10.2. The van der Waals surface area contributed by atoms with Crippen LogP contribution in [0.25, 0.3) is 0 Å².